The number of oxazole rings is 1. The van der Waals surface area contributed by atoms with Crippen molar-refractivity contribution in [3.8, 4) is 5.75 Å². The molecular formula is C33H43N4O10S2+. The van der Waals surface area contributed by atoms with E-state index >= 15 is 0 Å². The standard InChI is InChI=1S/C33H42N4O10S2/c1-6-23(17-30-36(13-7-15-48(40,41)42)26-19-24(9-11-28(26)46-30)32(38)34-21(2)3)18-31-37(14-8-16-49(43,44)45)27-20-25(10-12-29(27)47-31)33(39)35-22(4)5/h9-12,17-22H,6-8,13-16H2,1-5H3,(H3-,34,35,38,39,40,41,42,43,44,45)/p+1. The fourth-order valence-electron chi connectivity index (χ4n) is 5.22. The van der Waals surface area contributed by atoms with Gasteiger partial charge in [0.1, 0.15) is 0 Å². The largest absolute Gasteiger partial charge is 0.439 e. The number of nitrogens with zero attached hydrogens (tertiary/aromatic N) is 2. The van der Waals surface area contributed by atoms with Crippen molar-refractivity contribution in [3.05, 3.63) is 70.9 Å². The van der Waals surface area contributed by atoms with Crippen LogP contribution in [0.2, 0.25) is 0 Å². The molecule has 16 heteroatoms. The lowest BCUT2D eigenvalue weighted by Crippen LogP contribution is -2.36. The molecule has 2 amide bonds. The Bertz CT molecular complexity index is 2000. The number of anilines is 1. The van der Waals surface area contributed by atoms with Gasteiger partial charge in [-0.15, -0.1) is 0 Å². The van der Waals surface area contributed by atoms with Gasteiger partial charge in [0.2, 0.25) is 11.5 Å². The zero-order valence-corrected chi connectivity index (χ0v) is 29.7. The molecule has 14 nitrogen and oxygen atoms in total. The highest BCUT2D eigenvalue weighted by atomic mass is 32.2. The number of nitrogens with one attached hydrogen (secondary N) is 2. The van der Waals surface area contributed by atoms with Crippen LogP contribution < -0.4 is 24.8 Å². The van der Waals surface area contributed by atoms with E-state index in [1.54, 1.807) is 58.0 Å². The molecule has 3 aromatic rings. The molecule has 266 valence electrons. The summed E-state index contributed by atoms with van der Waals surface area (Å²) in [6.07, 6.45) is 4.11. The van der Waals surface area contributed by atoms with Crippen molar-refractivity contribution in [2.75, 3.05) is 23.0 Å². The van der Waals surface area contributed by atoms with E-state index in [0.29, 0.717) is 57.4 Å². The van der Waals surface area contributed by atoms with Crippen LogP contribution in [0.1, 0.15) is 80.5 Å². The summed E-state index contributed by atoms with van der Waals surface area (Å²) >= 11 is 0. The molecule has 4 rings (SSSR count). The van der Waals surface area contributed by atoms with Crippen molar-refractivity contribution in [3.63, 3.8) is 0 Å². The number of rotatable bonds is 15. The molecule has 0 bridgehead atoms. The van der Waals surface area contributed by atoms with Crippen LogP contribution in [0.5, 0.6) is 5.75 Å². The Kier molecular flexibility index (Phi) is 11.9. The summed E-state index contributed by atoms with van der Waals surface area (Å²) in [6.45, 7) is 9.58. The molecule has 1 aliphatic rings. The maximum Gasteiger partial charge on any atom is 0.374 e. The quantitative estimate of drug-likeness (QED) is 0.130. The van der Waals surface area contributed by atoms with Gasteiger partial charge in [0.15, 0.2) is 12.3 Å². The average Bonchev–Trinajstić information content (AvgIpc) is 3.50. The van der Waals surface area contributed by atoms with Gasteiger partial charge in [0.05, 0.1) is 23.3 Å². The topological polar surface area (TPSA) is 196 Å². The lowest BCUT2D eigenvalue weighted by Gasteiger charge is -2.19. The van der Waals surface area contributed by atoms with E-state index in [2.05, 4.69) is 10.6 Å². The fraction of sp³-hybridized carbons (Fsp3) is 0.424. The zero-order chi connectivity index (χ0) is 36.1. The minimum Gasteiger partial charge on any atom is -0.439 e. The first-order valence-corrected chi connectivity index (χ1v) is 19.2. The normalized spacial score (nSPS) is 14.5. The zero-order valence-electron chi connectivity index (χ0n) is 28.1. The molecule has 2 heterocycles. The second-order valence-corrected chi connectivity index (χ2v) is 15.4. The van der Waals surface area contributed by atoms with E-state index in [-0.39, 0.29) is 49.8 Å². The monoisotopic (exact) mass is 719 g/mol. The first kappa shape index (κ1) is 37.6. The number of allylic oxidation sites excluding steroid dienone is 2. The Balaban J connectivity index is 1.77. The fourth-order valence-corrected chi connectivity index (χ4v) is 6.21. The summed E-state index contributed by atoms with van der Waals surface area (Å²) in [5.41, 5.74) is 3.02. The first-order valence-electron chi connectivity index (χ1n) is 15.9. The van der Waals surface area contributed by atoms with Crippen molar-refractivity contribution in [1.29, 1.82) is 0 Å². The molecule has 1 aliphatic heterocycles. The van der Waals surface area contributed by atoms with Gasteiger partial charge in [-0.1, -0.05) is 6.92 Å². The number of hydrogen-bond donors (Lipinski definition) is 4. The number of carbonyl (C=O) groups is 2. The molecule has 1 aromatic heterocycles. The second kappa shape index (κ2) is 15.5. The summed E-state index contributed by atoms with van der Waals surface area (Å²) in [5, 5.41) is 5.70. The number of aromatic nitrogens is 1. The molecule has 0 unspecified atom stereocenters. The highest BCUT2D eigenvalue weighted by Crippen LogP contribution is 2.40. The summed E-state index contributed by atoms with van der Waals surface area (Å²) < 4.78 is 78.7. The Morgan fingerprint density at radius 3 is 2.08 bits per heavy atom. The van der Waals surface area contributed by atoms with E-state index in [4.69, 9.17) is 9.15 Å². The van der Waals surface area contributed by atoms with Crippen molar-refractivity contribution >= 4 is 54.9 Å². The third kappa shape index (κ3) is 10.4. The van der Waals surface area contributed by atoms with Gasteiger partial charge in [-0.05, 0) is 76.4 Å². The smallest absolute Gasteiger partial charge is 0.374 e. The molecule has 0 saturated carbocycles. The molecule has 4 N–H and O–H groups in total. The minimum absolute atomic E-state index is 0.0661. The predicted octanol–water partition coefficient (Wildman–Crippen LogP) is 4.09. The van der Waals surface area contributed by atoms with Gasteiger partial charge in [-0.2, -0.15) is 21.4 Å². The van der Waals surface area contributed by atoms with Crippen LogP contribution in [0.25, 0.3) is 17.2 Å². The molecule has 0 saturated heterocycles. The van der Waals surface area contributed by atoms with Crippen molar-refractivity contribution in [2.24, 2.45) is 0 Å². The number of fused-ring (bicyclic) bond motifs is 2. The van der Waals surface area contributed by atoms with Crippen LogP contribution in [-0.2, 0) is 26.8 Å². The molecule has 0 atom stereocenters. The Morgan fingerprint density at radius 2 is 1.49 bits per heavy atom. The van der Waals surface area contributed by atoms with Gasteiger partial charge in [-0.3, -0.25) is 18.7 Å². The summed E-state index contributed by atoms with van der Waals surface area (Å²) in [5.74, 6) is -0.369. The molecule has 0 radical (unpaired) electrons. The van der Waals surface area contributed by atoms with E-state index in [0.717, 1.165) is 0 Å². The number of ether oxygens (including phenoxy) is 1. The van der Waals surface area contributed by atoms with Crippen molar-refractivity contribution in [1.82, 2.24) is 10.6 Å². The number of carbonyl (C=O) groups excluding carboxylic acids is 2. The maximum atomic E-state index is 12.8. The third-order valence-electron chi connectivity index (χ3n) is 7.42. The van der Waals surface area contributed by atoms with Crippen molar-refractivity contribution in [2.45, 2.75) is 72.5 Å². The van der Waals surface area contributed by atoms with Crippen LogP contribution in [0.15, 0.2) is 58.3 Å². The molecular weight excluding hydrogens is 677 g/mol. The van der Waals surface area contributed by atoms with Gasteiger partial charge >= 0.3 is 5.89 Å². The third-order valence-corrected chi connectivity index (χ3v) is 9.03. The number of amides is 2. The molecule has 0 aliphatic carbocycles. The van der Waals surface area contributed by atoms with E-state index in [9.17, 15) is 35.5 Å². The molecule has 0 spiro atoms. The summed E-state index contributed by atoms with van der Waals surface area (Å²) in [6, 6.07) is 9.72. The minimum atomic E-state index is -4.22. The van der Waals surface area contributed by atoms with Crippen LogP contribution in [0, 0.1) is 0 Å². The highest BCUT2D eigenvalue weighted by molar-refractivity contribution is 7.86. The summed E-state index contributed by atoms with van der Waals surface area (Å²) in [4.78, 5) is 27.3. The Labute approximate surface area is 286 Å². The van der Waals surface area contributed by atoms with E-state index in [1.165, 1.54) is 0 Å². The first-order chi connectivity index (χ1) is 22.9. The Hall–Kier alpha value is -4.25. The SMILES string of the molecule is CCC(=Cc1oc2ccc(C(=O)NC(C)C)cc2[n+]1CCCS(=O)(=O)O)C=C1Oc2ccc(C(=O)NC(C)C)cc2N1CCCS(=O)(=O)O. The van der Waals surface area contributed by atoms with Crippen LogP contribution in [0.3, 0.4) is 0 Å². The lowest BCUT2D eigenvalue weighted by atomic mass is 10.1. The predicted molar refractivity (Wildman–Crippen MR) is 184 cm³/mol. The number of benzene rings is 2. The van der Waals surface area contributed by atoms with Crippen LogP contribution >= 0.6 is 0 Å². The lowest BCUT2D eigenvalue weighted by molar-refractivity contribution is -0.677. The average molecular weight is 720 g/mol. The van der Waals surface area contributed by atoms with Gasteiger partial charge < -0.3 is 24.7 Å². The van der Waals surface area contributed by atoms with E-state index < -0.39 is 31.7 Å². The van der Waals surface area contributed by atoms with Crippen LogP contribution in [0.4, 0.5) is 5.69 Å². The van der Waals surface area contributed by atoms with Gasteiger partial charge in [0, 0.05) is 48.3 Å². The molecule has 2 aromatic carbocycles. The van der Waals surface area contributed by atoms with Gasteiger partial charge in [-0.25, -0.2) is 0 Å². The van der Waals surface area contributed by atoms with E-state index in [1.807, 2.05) is 34.6 Å². The van der Waals surface area contributed by atoms with Crippen molar-refractivity contribution < 1.29 is 49.3 Å². The highest BCUT2D eigenvalue weighted by Gasteiger charge is 2.29. The Morgan fingerprint density at radius 1 is 0.898 bits per heavy atom. The molecule has 49 heavy (non-hydrogen) atoms. The molecule has 0 fully saturated rings. The number of hydrogen-bond acceptors (Lipinski definition) is 9. The number of aryl methyl sites for hydroxylation is 1. The van der Waals surface area contributed by atoms with Crippen LogP contribution in [-0.4, -0.2) is 67.9 Å². The van der Waals surface area contributed by atoms with Gasteiger partial charge in [0.25, 0.3) is 37.6 Å². The second-order valence-electron chi connectivity index (χ2n) is 12.3. The summed E-state index contributed by atoms with van der Waals surface area (Å²) in [7, 11) is -8.44. The maximum absolute atomic E-state index is 12.8.